The lowest BCUT2D eigenvalue weighted by Gasteiger charge is -2.12. The van der Waals surface area contributed by atoms with Gasteiger partial charge in [-0.3, -0.25) is 14.7 Å². The summed E-state index contributed by atoms with van der Waals surface area (Å²) in [6.45, 7) is 1.94. The molecule has 0 spiro atoms. The highest BCUT2D eigenvalue weighted by Gasteiger charge is 2.21. The van der Waals surface area contributed by atoms with Gasteiger partial charge in [-0.15, -0.1) is 0 Å². The predicted octanol–water partition coefficient (Wildman–Crippen LogP) is 3.55. The second kappa shape index (κ2) is 7.77. The fourth-order valence-electron chi connectivity index (χ4n) is 2.88. The molecule has 0 bridgehead atoms. The molecular formula is C20H19N5O2S. The topological polar surface area (TPSA) is 95.6 Å². The molecule has 2 heterocycles. The van der Waals surface area contributed by atoms with Crippen LogP contribution in [0.5, 0.6) is 0 Å². The monoisotopic (exact) mass is 393 g/mol. The van der Waals surface area contributed by atoms with Gasteiger partial charge in [-0.25, -0.2) is 9.67 Å². The minimum Gasteiger partial charge on any atom is -0.333 e. The van der Waals surface area contributed by atoms with Crippen LogP contribution < -0.4 is 10.9 Å². The molecule has 0 aliphatic rings. The van der Waals surface area contributed by atoms with Crippen molar-refractivity contribution in [3.63, 3.8) is 0 Å². The maximum atomic E-state index is 12.7. The highest BCUT2D eigenvalue weighted by molar-refractivity contribution is 8.00. The number of thioether (sulfide) groups is 1. The molecule has 0 aliphatic heterocycles. The summed E-state index contributed by atoms with van der Waals surface area (Å²) in [5.74, 6) is 0.178. The van der Waals surface area contributed by atoms with Crippen LogP contribution in [0, 0.1) is 0 Å². The second-order valence-corrected chi connectivity index (χ2v) is 7.43. The number of imidazole rings is 1. The number of hydrogen-bond donors (Lipinski definition) is 3. The minimum atomic E-state index is -0.343. The Morgan fingerprint density at radius 1 is 1.18 bits per heavy atom. The van der Waals surface area contributed by atoms with Crippen molar-refractivity contribution in [1.29, 1.82) is 0 Å². The molecule has 3 N–H and O–H groups in total. The normalized spacial score (nSPS) is 12.2. The molecule has 28 heavy (non-hydrogen) atoms. The van der Waals surface area contributed by atoms with Gasteiger partial charge in [-0.1, -0.05) is 49.0 Å². The van der Waals surface area contributed by atoms with Gasteiger partial charge in [-0.2, -0.15) is 0 Å². The Bertz CT molecular complexity index is 1130. The average Bonchev–Trinajstić information content (AvgIpc) is 3.29. The van der Waals surface area contributed by atoms with Crippen LogP contribution in [0.3, 0.4) is 0 Å². The van der Waals surface area contributed by atoms with Crippen LogP contribution in [-0.2, 0) is 4.79 Å². The molecule has 1 unspecified atom stereocenters. The van der Waals surface area contributed by atoms with Crippen molar-refractivity contribution in [2.24, 2.45) is 0 Å². The fourth-order valence-corrected chi connectivity index (χ4v) is 3.81. The lowest BCUT2D eigenvalue weighted by molar-refractivity contribution is -0.115. The van der Waals surface area contributed by atoms with E-state index in [1.54, 1.807) is 0 Å². The quantitative estimate of drug-likeness (QED) is 0.437. The van der Waals surface area contributed by atoms with E-state index in [0.29, 0.717) is 23.1 Å². The Morgan fingerprint density at radius 3 is 2.68 bits per heavy atom. The Morgan fingerprint density at radius 2 is 1.93 bits per heavy atom. The first-order valence-electron chi connectivity index (χ1n) is 8.94. The zero-order valence-electron chi connectivity index (χ0n) is 15.2. The third kappa shape index (κ3) is 3.72. The Hall–Kier alpha value is -3.26. The van der Waals surface area contributed by atoms with E-state index in [2.05, 4.69) is 20.4 Å². The number of carbonyl (C=O) groups is 1. The second-order valence-electron chi connectivity index (χ2n) is 6.24. The molecule has 0 saturated carbocycles. The zero-order valence-corrected chi connectivity index (χ0v) is 16.0. The number of aromatic amines is 2. The molecule has 2 aromatic carbocycles. The van der Waals surface area contributed by atoms with Crippen molar-refractivity contribution in [2.45, 2.75) is 23.8 Å². The van der Waals surface area contributed by atoms with Crippen LogP contribution in [0.15, 0.2) is 70.6 Å². The van der Waals surface area contributed by atoms with E-state index in [4.69, 9.17) is 0 Å². The largest absolute Gasteiger partial charge is 0.333 e. The van der Waals surface area contributed by atoms with Gasteiger partial charge >= 0.3 is 0 Å². The van der Waals surface area contributed by atoms with Crippen LogP contribution in [-0.4, -0.2) is 30.9 Å². The van der Waals surface area contributed by atoms with Crippen molar-refractivity contribution in [1.82, 2.24) is 19.7 Å². The van der Waals surface area contributed by atoms with Crippen molar-refractivity contribution in [2.75, 3.05) is 5.32 Å². The van der Waals surface area contributed by atoms with Crippen molar-refractivity contribution < 1.29 is 4.79 Å². The number of nitrogens with zero attached hydrogens (tertiary/aromatic N) is 2. The molecule has 0 aliphatic carbocycles. The molecule has 0 saturated heterocycles. The Balaban J connectivity index is 1.49. The van der Waals surface area contributed by atoms with Crippen LogP contribution in [0.1, 0.15) is 13.3 Å². The molecule has 1 amide bonds. The lowest BCUT2D eigenvalue weighted by atomic mass is 10.3. The van der Waals surface area contributed by atoms with Crippen molar-refractivity contribution in [3.8, 4) is 5.69 Å². The van der Waals surface area contributed by atoms with Crippen molar-refractivity contribution in [3.05, 3.63) is 71.0 Å². The Kier molecular flexibility index (Phi) is 5.03. The minimum absolute atomic E-state index is 0.186. The first-order chi connectivity index (χ1) is 13.6. The van der Waals surface area contributed by atoms with Gasteiger partial charge in [0.25, 0.3) is 5.56 Å². The number of hydrogen-bond acceptors (Lipinski definition) is 4. The predicted molar refractivity (Wildman–Crippen MR) is 111 cm³/mol. The number of aromatic nitrogens is 4. The first kappa shape index (κ1) is 18.1. The molecule has 2 aromatic heterocycles. The first-order valence-corrected chi connectivity index (χ1v) is 9.82. The summed E-state index contributed by atoms with van der Waals surface area (Å²) >= 11 is 1.37. The Labute approximate surface area is 165 Å². The van der Waals surface area contributed by atoms with E-state index < -0.39 is 0 Å². The van der Waals surface area contributed by atoms with E-state index >= 15 is 0 Å². The molecule has 142 valence electrons. The molecule has 4 aromatic rings. The maximum Gasteiger partial charge on any atom is 0.273 e. The van der Waals surface area contributed by atoms with Gasteiger partial charge in [0.05, 0.1) is 22.0 Å². The number of anilines is 1. The highest BCUT2D eigenvalue weighted by atomic mass is 32.2. The molecule has 8 heteroatoms. The molecule has 7 nitrogen and oxygen atoms in total. The molecule has 4 rings (SSSR count). The number of benzene rings is 2. The number of nitrogens with one attached hydrogen (secondary N) is 3. The van der Waals surface area contributed by atoms with E-state index in [1.807, 2.05) is 61.5 Å². The van der Waals surface area contributed by atoms with Gasteiger partial charge < -0.3 is 10.3 Å². The lowest BCUT2D eigenvalue weighted by Crippen LogP contribution is -2.25. The smallest absolute Gasteiger partial charge is 0.273 e. The summed E-state index contributed by atoms with van der Waals surface area (Å²) in [5, 5.41) is 6.08. The number of amides is 1. The van der Waals surface area contributed by atoms with Crippen LogP contribution in [0.2, 0.25) is 0 Å². The molecule has 0 fully saturated rings. The SMILES string of the molecule is CCC(Sc1nc2ccccc2[nH]1)C(=O)Nc1cc(=O)n(-c2ccccc2)[nH]1. The summed E-state index contributed by atoms with van der Waals surface area (Å²) in [6.07, 6.45) is 0.622. The summed E-state index contributed by atoms with van der Waals surface area (Å²) in [5.41, 5.74) is 2.27. The molecular weight excluding hydrogens is 374 g/mol. The number of para-hydroxylation sites is 3. The van der Waals surface area contributed by atoms with Gasteiger partial charge in [0.2, 0.25) is 5.91 Å². The van der Waals surface area contributed by atoms with E-state index in [1.165, 1.54) is 22.5 Å². The van der Waals surface area contributed by atoms with Crippen LogP contribution >= 0.6 is 11.8 Å². The highest BCUT2D eigenvalue weighted by Crippen LogP contribution is 2.26. The van der Waals surface area contributed by atoms with Gasteiger partial charge in [0, 0.05) is 6.07 Å². The van der Waals surface area contributed by atoms with Crippen LogP contribution in [0.4, 0.5) is 5.82 Å². The zero-order chi connectivity index (χ0) is 19.5. The summed E-state index contributed by atoms with van der Waals surface area (Å²) < 4.78 is 1.39. The summed E-state index contributed by atoms with van der Waals surface area (Å²) in [7, 11) is 0. The van der Waals surface area contributed by atoms with Gasteiger partial charge in [0.15, 0.2) is 5.16 Å². The number of H-pyrrole nitrogens is 2. The third-order valence-corrected chi connectivity index (χ3v) is 5.53. The third-order valence-electron chi connectivity index (χ3n) is 4.28. The summed E-state index contributed by atoms with van der Waals surface area (Å²) in [4.78, 5) is 32.7. The maximum absolute atomic E-state index is 12.7. The van der Waals surface area contributed by atoms with Gasteiger partial charge in [-0.05, 0) is 30.7 Å². The number of fused-ring (bicyclic) bond motifs is 1. The van der Waals surface area contributed by atoms with Crippen LogP contribution in [0.25, 0.3) is 16.7 Å². The van der Waals surface area contributed by atoms with E-state index in [9.17, 15) is 9.59 Å². The molecule has 1 atom stereocenters. The summed E-state index contributed by atoms with van der Waals surface area (Å²) in [6, 6.07) is 18.3. The van der Waals surface area contributed by atoms with Gasteiger partial charge in [0.1, 0.15) is 5.82 Å². The van der Waals surface area contributed by atoms with E-state index in [0.717, 1.165) is 11.0 Å². The number of carbonyl (C=O) groups excluding carboxylic acids is 1. The average molecular weight is 393 g/mol. The standard InChI is InChI=1S/C20H19N5O2S/c1-2-16(28-20-21-14-10-6-7-11-15(14)22-20)19(27)23-17-12-18(26)25(24-17)13-8-4-3-5-9-13/h3-12,16,24H,2H2,1H3,(H,21,22)(H,23,27). The molecule has 0 radical (unpaired) electrons. The number of rotatable bonds is 6. The van der Waals surface area contributed by atoms with E-state index in [-0.39, 0.29) is 16.7 Å². The van der Waals surface area contributed by atoms with Crippen molar-refractivity contribution >= 4 is 34.5 Å². The fraction of sp³-hybridized carbons (Fsp3) is 0.150.